The second-order valence-corrected chi connectivity index (χ2v) is 7.46. The van der Waals surface area contributed by atoms with E-state index in [1.54, 1.807) is 0 Å². The molecule has 2 fully saturated rings. The Hall–Kier alpha value is -0.130. The van der Waals surface area contributed by atoms with Crippen LogP contribution in [-0.2, 0) is 9.84 Å². The van der Waals surface area contributed by atoms with Crippen LogP contribution in [0.1, 0.15) is 32.6 Å². The third-order valence-corrected chi connectivity index (χ3v) is 5.56. The van der Waals surface area contributed by atoms with Gasteiger partial charge in [0.05, 0.1) is 11.5 Å². The van der Waals surface area contributed by atoms with Crippen molar-refractivity contribution in [3.63, 3.8) is 0 Å². The lowest BCUT2D eigenvalue weighted by Crippen LogP contribution is -2.51. The van der Waals surface area contributed by atoms with E-state index in [1.165, 1.54) is 19.3 Å². The van der Waals surface area contributed by atoms with Crippen LogP contribution in [0.5, 0.6) is 0 Å². The van der Waals surface area contributed by atoms with E-state index in [0.717, 1.165) is 26.1 Å². The van der Waals surface area contributed by atoms with E-state index in [9.17, 15) is 8.42 Å². The molecule has 0 bridgehead atoms. The van der Waals surface area contributed by atoms with Gasteiger partial charge in [-0.3, -0.25) is 4.90 Å². The monoisotopic (exact) mass is 260 g/mol. The van der Waals surface area contributed by atoms with E-state index in [-0.39, 0.29) is 12.1 Å². The van der Waals surface area contributed by atoms with Crippen LogP contribution in [0, 0.1) is 0 Å². The maximum absolute atomic E-state index is 11.8. The fraction of sp³-hybridized carbons (Fsp3) is 1.00. The SMILES string of the molecule is CCCN[C@@H]1CS(=O)(=O)C[C@@H]1N1CCCCC1. The van der Waals surface area contributed by atoms with Crippen molar-refractivity contribution in [3.05, 3.63) is 0 Å². The average molecular weight is 260 g/mol. The Bertz CT molecular complexity index is 336. The topological polar surface area (TPSA) is 49.4 Å². The molecular formula is C12H24N2O2S. The molecule has 2 saturated heterocycles. The molecule has 100 valence electrons. The number of nitrogens with one attached hydrogen (secondary N) is 1. The highest BCUT2D eigenvalue weighted by molar-refractivity contribution is 7.91. The highest BCUT2D eigenvalue weighted by atomic mass is 32.2. The largest absolute Gasteiger partial charge is 0.311 e. The average Bonchev–Trinajstić information content (AvgIpc) is 2.63. The molecule has 17 heavy (non-hydrogen) atoms. The summed E-state index contributed by atoms with van der Waals surface area (Å²) in [5.41, 5.74) is 0. The number of hydrogen-bond donors (Lipinski definition) is 1. The zero-order valence-electron chi connectivity index (χ0n) is 10.7. The molecule has 0 saturated carbocycles. The number of piperidine rings is 1. The molecule has 5 heteroatoms. The zero-order chi connectivity index (χ0) is 12.3. The van der Waals surface area contributed by atoms with E-state index < -0.39 is 9.84 Å². The van der Waals surface area contributed by atoms with Gasteiger partial charge < -0.3 is 5.32 Å². The highest BCUT2D eigenvalue weighted by Crippen LogP contribution is 2.22. The van der Waals surface area contributed by atoms with E-state index in [0.29, 0.717) is 11.5 Å². The molecule has 0 radical (unpaired) electrons. The molecule has 0 aliphatic carbocycles. The van der Waals surface area contributed by atoms with Gasteiger partial charge >= 0.3 is 0 Å². The lowest BCUT2D eigenvalue weighted by molar-refractivity contribution is 0.155. The first kappa shape index (κ1) is 13.3. The standard InChI is InChI=1S/C12H24N2O2S/c1-2-6-13-11-9-17(15,16)10-12(11)14-7-4-3-5-8-14/h11-13H,2-10H2,1H3/t11-,12+/m1/s1. The first-order chi connectivity index (χ1) is 8.12. The minimum atomic E-state index is -2.83. The molecule has 2 atom stereocenters. The van der Waals surface area contributed by atoms with Crippen molar-refractivity contribution in [2.75, 3.05) is 31.1 Å². The molecule has 0 aromatic carbocycles. The molecule has 4 nitrogen and oxygen atoms in total. The van der Waals surface area contributed by atoms with Crippen LogP contribution in [-0.4, -0.2) is 56.5 Å². The maximum Gasteiger partial charge on any atom is 0.153 e. The lowest BCUT2D eigenvalue weighted by atomic mass is 10.0. The summed E-state index contributed by atoms with van der Waals surface area (Å²) >= 11 is 0. The second kappa shape index (κ2) is 5.67. The molecule has 2 heterocycles. The van der Waals surface area contributed by atoms with Crippen molar-refractivity contribution >= 4 is 9.84 Å². The van der Waals surface area contributed by atoms with Gasteiger partial charge in [-0.25, -0.2) is 8.42 Å². The van der Waals surface area contributed by atoms with E-state index in [1.807, 2.05) is 0 Å². The summed E-state index contributed by atoms with van der Waals surface area (Å²) in [6.07, 6.45) is 4.79. The summed E-state index contributed by atoms with van der Waals surface area (Å²) in [6.45, 7) is 5.19. The Morgan fingerprint density at radius 1 is 1.18 bits per heavy atom. The minimum absolute atomic E-state index is 0.151. The third-order valence-electron chi connectivity index (χ3n) is 3.84. The molecule has 2 aliphatic rings. The predicted octanol–water partition coefficient (Wildman–Crippen LogP) is 0.638. The van der Waals surface area contributed by atoms with Crippen molar-refractivity contribution in [1.29, 1.82) is 0 Å². The smallest absolute Gasteiger partial charge is 0.153 e. The summed E-state index contributed by atoms with van der Waals surface area (Å²) < 4.78 is 23.6. The highest BCUT2D eigenvalue weighted by Gasteiger charge is 2.40. The van der Waals surface area contributed by atoms with E-state index in [2.05, 4.69) is 17.1 Å². The van der Waals surface area contributed by atoms with Gasteiger partial charge in [0.25, 0.3) is 0 Å². The van der Waals surface area contributed by atoms with Crippen LogP contribution in [0.15, 0.2) is 0 Å². The molecule has 0 unspecified atom stereocenters. The summed E-state index contributed by atoms with van der Waals surface area (Å²) in [7, 11) is -2.83. The van der Waals surface area contributed by atoms with Crippen LogP contribution >= 0.6 is 0 Å². The van der Waals surface area contributed by atoms with Crippen LogP contribution in [0.3, 0.4) is 0 Å². The molecular weight excluding hydrogens is 236 g/mol. The maximum atomic E-state index is 11.8. The van der Waals surface area contributed by atoms with Gasteiger partial charge in [0.2, 0.25) is 0 Å². The summed E-state index contributed by atoms with van der Waals surface area (Å²) in [4.78, 5) is 2.39. The number of hydrogen-bond acceptors (Lipinski definition) is 4. The van der Waals surface area contributed by atoms with Gasteiger partial charge in [-0.2, -0.15) is 0 Å². The Balaban J connectivity index is 2.01. The number of sulfone groups is 1. The fourth-order valence-corrected chi connectivity index (χ4v) is 4.95. The Labute approximate surface area is 105 Å². The Morgan fingerprint density at radius 2 is 1.88 bits per heavy atom. The van der Waals surface area contributed by atoms with Gasteiger partial charge in [-0.1, -0.05) is 13.3 Å². The molecule has 0 aromatic rings. The molecule has 0 aromatic heterocycles. The third kappa shape index (κ3) is 3.42. The van der Waals surface area contributed by atoms with Crippen molar-refractivity contribution in [1.82, 2.24) is 10.2 Å². The van der Waals surface area contributed by atoms with Crippen LogP contribution < -0.4 is 5.32 Å². The molecule has 1 N–H and O–H groups in total. The van der Waals surface area contributed by atoms with E-state index >= 15 is 0 Å². The lowest BCUT2D eigenvalue weighted by Gasteiger charge is -2.35. The Kier molecular flexibility index (Phi) is 4.44. The van der Waals surface area contributed by atoms with Gasteiger partial charge in [0, 0.05) is 12.1 Å². The van der Waals surface area contributed by atoms with Crippen molar-refractivity contribution in [2.45, 2.75) is 44.7 Å². The van der Waals surface area contributed by atoms with Crippen LogP contribution in [0.25, 0.3) is 0 Å². The van der Waals surface area contributed by atoms with Gasteiger partial charge in [-0.05, 0) is 38.9 Å². The second-order valence-electron chi connectivity index (χ2n) is 5.30. The van der Waals surface area contributed by atoms with Crippen LogP contribution in [0.2, 0.25) is 0 Å². The van der Waals surface area contributed by atoms with Gasteiger partial charge in [0.15, 0.2) is 9.84 Å². The quantitative estimate of drug-likeness (QED) is 0.806. The normalized spacial score (nSPS) is 33.9. The predicted molar refractivity (Wildman–Crippen MR) is 69.9 cm³/mol. The number of nitrogens with zero attached hydrogens (tertiary/aromatic N) is 1. The summed E-state index contributed by atoms with van der Waals surface area (Å²) in [5.74, 6) is 0.683. The van der Waals surface area contributed by atoms with Gasteiger partial charge in [-0.15, -0.1) is 0 Å². The van der Waals surface area contributed by atoms with Crippen molar-refractivity contribution < 1.29 is 8.42 Å². The van der Waals surface area contributed by atoms with Crippen LogP contribution in [0.4, 0.5) is 0 Å². The van der Waals surface area contributed by atoms with Gasteiger partial charge in [0.1, 0.15) is 0 Å². The first-order valence-electron chi connectivity index (χ1n) is 6.80. The minimum Gasteiger partial charge on any atom is -0.311 e. The fourth-order valence-electron chi connectivity index (χ4n) is 2.96. The van der Waals surface area contributed by atoms with Crippen molar-refractivity contribution in [2.24, 2.45) is 0 Å². The molecule has 2 rings (SSSR count). The van der Waals surface area contributed by atoms with Crippen molar-refractivity contribution in [3.8, 4) is 0 Å². The number of likely N-dealkylation sites (tertiary alicyclic amines) is 1. The molecule has 0 spiro atoms. The molecule has 0 amide bonds. The first-order valence-corrected chi connectivity index (χ1v) is 8.62. The molecule has 2 aliphatic heterocycles. The summed E-state index contributed by atoms with van der Waals surface area (Å²) in [5, 5.41) is 3.41. The van der Waals surface area contributed by atoms with E-state index in [4.69, 9.17) is 0 Å². The number of rotatable bonds is 4. The summed E-state index contributed by atoms with van der Waals surface area (Å²) in [6, 6.07) is 0.366. The zero-order valence-corrected chi connectivity index (χ0v) is 11.5. The Morgan fingerprint density at radius 3 is 2.53 bits per heavy atom.